The number of carbonyl (C=O) groups excluding carboxylic acids is 1. The molecule has 0 bridgehead atoms. The molecule has 6 nitrogen and oxygen atoms in total. The molecular weight excluding hydrogens is 258 g/mol. The van der Waals surface area contributed by atoms with Gasteiger partial charge in [0.05, 0.1) is 17.0 Å². The van der Waals surface area contributed by atoms with Gasteiger partial charge >= 0.3 is 0 Å². The van der Waals surface area contributed by atoms with Crippen LogP contribution in [-0.2, 0) is 4.79 Å². The van der Waals surface area contributed by atoms with Crippen LogP contribution in [0.25, 0.3) is 0 Å². The Hall–Kier alpha value is -1.95. The second-order valence-corrected chi connectivity index (χ2v) is 5.13. The van der Waals surface area contributed by atoms with Gasteiger partial charge in [-0.2, -0.15) is 0 Å². The van der Waals surface area contributed by atoms with Crippen molar-refractivity contribution in [3.63, 3.8) is 0 Å². The Labute approximate surface area is 117 Å². The van der Waals surface area contributed by atoms with E-state index in [1.54, 1.807) is 18.0 Å². The van der Waals surface area contributed by atoms with Gasteiger partial charge in [-0.15, -0.1) is 0 Å². The van der Waals surface area contributed by atoms with E-state index in [-0.39, 0.29) is 23.7 Å². The van der Waals surface area contributed by atoms with Crippen molar-refractivity contribution < 1.29 is 9.72 Å². The summed E-state index contributed by atoms with van der Waals surface area (Å²) in [5, 5.41) is 14.0. The molecule has 0 saturated carbocycles. The lowest BCUT2D eigenvalue weighted by atomic mass is 10.1. The predicted molar refractivity (Wildman–Crippen MR) is 75.3 cm³/mol. The van der Waals surface area contributed by atoms with Crippen LogP contribution in [0.15, 0.2) is 24.3 Å². The van der Waals surface area contributed by atoms with Crippen LogP contribution in [0.3, 0.4) is 0 Å². The highest BCUT2D eigenvalue weighted by atomic mass is 16.6. The molecule has 2 atom stereocenters. The number of nitrogens with one attached hydrogen (secondary N) is 1. The van der Waals surface area contributed by atoms with E-state index in [1.807, 2.05) is 13.0 Å². The van der Waals surface area contributed by atoms with Crippen molar-refractivity contribution in [3.8, 4) is 0 Å². The van der Waals surface area contributed by atoms with Gasteiger partial charge in [-0.25, -0.2) is 0 Å². The number of nitrogens with zero attached hydrogens (tertiary/aromatic N) is 2. The third-order valence-electron chi connectivity index (χ3n) is 3.85. The van der Waals surface area contributed by atoms with Gasteiger partial charge in [0.2, 0.25) is 5.91 Å². The summed E-state index contributed by atoms with van der Waals surface area (Å²) in [6, 6.07) is 6.12. The molecule has 1 unspecified atom stereocenters. The largest absolute Gasteiger partial charge is 0.338 e. The molecule has 108 valence electrons. The molecule has 1 amide bonds. The highest BCUT2D eigenvalue weighted by Crippen LogP contribution is 2.24. The minimum absolute atomic E-state index is 0.0431. The number of rotatable bonds is 4. The van der Waals surface area contributed by atoms with Crippen molar-refractivity contribution in [3.05, 3.63) is 39.9 Å². The number of hydrogen-bond acceptors (Lipinski definition) is 4. The van der Waals surface area contributed by atoms with Crippen LogP contribution in [0.1, 0.15) is 31.4 Å². The lowest BCUT2D eigenvalue weighted by molar-refractivity contribution is -0.384. The molecular formula is C14H19N3O3. The van der Waals surface area contributed by atoms with Gasteiger partial charge in [-0.05, 0) is 31.9 Å². The first-order valence-corrected chi connectivity index (χ1v) is 6.75. The Bertz CT molecular complexity index is 512. The standard InChI is InChI=1S/C14H19N3O3/c1-10(11-5-3-6-12(9-11)17(19)20)16(2)14(18)13-7-4-8-15-13/h3,5-6,9-10,13,15H,4,7-8H2,1-2H3/t10?,13-/m0/s1. The van der Waals surface area contributed by atoms with Gasteiger partial charge in [-0.3, -0.25) is 14.9 Å². The fourth-order valence-electron chi connectivity index (χ4n) is 2.45. The summed E-state index contributed by atoms with van der Waals surface area (Å²) in [7, 11) is 1.74. The van der Waals surface area contributed by atoms with E-state index in [0.29, 0.717) is 0 Å². The summed E-state index contributed by atoms with van der Waals surface area (Å²) in [6.45, 7) is 2.75. The van der Waals surface area contributed by atoms with Gasteiger partial charge in [0.15, 0.2) is 0 Å². The predicted octanol–water partition coefficient (Wildman–Crippen LogP) is 1.87. The van der Waals surface area contributed by atoms with E-state index >= 15 is 0 Å². The van der Waals surface area contributed by atoms with Gasteiger partial charge in [0.25, 0.3) is 5.69 Å². The molecule has 1 aliphatic heterocycles. The highest BCUT2D eigenvalue weighted by molar-refractivity contribution is 5.82. The second kappa shape index (κ2) is 6.00. The molecule has 0 aromatic heterocycles. The molecule has 1 aromatic rings. The van der Waals surface area contributed by atoms with Gasteiger partial charge < -0.3 is 10.2 Å². The lowest BCUT2D eigenvalue weighted by Crippen LogP contribution is -2.42. The summed E-state index contributed by atoms with van der Waals surface area (Å²) in [6.07, 6.45) is 1.86. The maximum absolute atomic E-state index is 12.3. The zero-order valence-corrected chi connectivity index (χ0v) is 11.7. The highest BCUT2D eigenvalue weighted by Gasteiger charge is 2.28. The topological polar surface area (TPSA) is 75.5 Å². The van der Waals surface area contributed by atoms with E-state index in [4.69, 9.17) is 0 Å². The third-order valence-corrected chi connectivity index (χ3v) is 3.85. The first-order chi connectivity index (χ1) is 9.50. The summed E-state index contributed by atoms with van der Waals surface area (Å²) >= 11 is 0. The summed E-state index contributed by atoms with van der Waals surface area (Å²) in [5.41, 5.74) is 0.822. The summed E-state index contributed by atoms with van der Waals surface area (Å²) < 4.78 is 0. The maximum Gasteiger partial charge on any atom is 0.269 e. The van der Waals surface area contributed by atoms with Crippen molar-refractivity contribution in [1.29, 1.82) is 0 Å². The first kappa shape index (κ1) is 14.5. The number of hydrogen-bond donors (Lipinski definition) is 1. The molecule has 0 radical (unpaired) electrons. The maximum atomic E-state index is 12.3. The average molecular weight is 277 g/mol. The average Bonchev–Trinajstić information content (AvgIpc) is 2.99. The van der Waals surface area contributed by atoms with Gasteiger partial charge in [0.1, 0.15) is 0 Å². The number of carbonyl (C=O) groups is 1. The Balaban J connectivity index is 2.13. The Kier molecular flexibility index (Phi) is 4.34. The van der Waals surface area contributed by atoms with Crippen LogP contribution in [0.5, 0.6) is 0 Å². The Morgan fingerprint density at radius 3 is 2.90 bits per heavy atom. The molecule has 1 aromatic carbocycles. The Morgan fingerprint density at radius 1 is 1.55 bits per heavy atom. The summed E-state index contributed by atoms with van der Waals surface area (Å²) in [4.78, 5) is 24.3. The van der Waals surface area contributed by atoms with Crippen LogP contribution in [0.4, 0.5) is 5.69 Å². The Morgan fingerprint density at radius 2 is 2.30 bits per heavy atom. The van der Waals surface area contributed by atoms with Crippen molar-refractivity contribution in [2.24, 2.45) is 0 Å². The first-order valence-electron chi connectivity index (χ1n) is 6.75. The molecule has 2 rings (SSSR count). The van der Waals surface area contributed by atoms with E-state index in [2.05, 4.69) is 5.32 Å². The third kappa shape index (κ3) is 2.96. The van der Waals surface area contributed by atoms with Crippen LogP contribution < -0.4 is 5.32 Å². The smallest absolute Gasteiger partial charge is 0.269 e. The van der Waals surface area contributed by atoms with Gasteiger partial charge in [-0.1, -0.05) is 12.1 Å². The van der Waals surface area contributed by atoms with Crippen molar-refractivity contribution in [2.75, 3.05) is 13.6 Å². The molecule has 0 spiro atoms. The molecule has 6 heteroatoms. The van der Waals surface area contributed by atoms with Crippen molar-refractivity contribution in [1.82, 2.24) is 10.2 Å². The number of non-ortho nitro benzene ring substituents is 1. The van der Waals surface area contributed by atoms with Crippen LogP contribution in [0, 0.1) is 10.1 Å². The van der Waals surface area contributed by atoms with E-state index in [9.17, 15) is 14.9 Å². The minimum Gasteiger partial charge on any atom is -0.338 e. The summed E-state index contributed by atoms with van der Waals surface area (Å²) in [5.74, 6) is 0.0431. The number of nitro benzene ring substituents is 1. The molecule has 1 heterocycles. The number of benzene rings is 1. The second-order valence-electron chi connectivity index (χ2n) is 5.13. The molecule has 1 saturated heterocycles. The zero-order valence-electron chi connectivity index (χ0n) is 11.7. The van der Waals surface area contributed by atoms with E-state index in [0.717, 1.165) is 24.9 Å². The molecule has 1 N–H and O–H groups in total. The quantitative estimate of drug-likeness (QED) is 0.673. The molecule has 1 aliphatic rings. The monoisotopic (exact) mass is 277 g/mol. The number of likely N-dealkylation sites (N-methyl/N-ethyl adjacent to an activating group) is 1. The van der Waals surface area contributed by atoms with Crippen LogP contribution in [0.2, 0.25) is 0 Å². The van der Waals surface area contributed by atoms with E-state index in [1.165, 1.54) is 12.1 Å². The fraction of sp³-hybridized carbons (Fsp3) is 0.500. The molecule has 0 aliphatic carbocycles. The minimum atomic E-state index is -0.420. The normalized spacial score (nSPS) is 19.6. The molecule has 20 heavy (non-hydrogen) atoms. The van der Waals surface area contributed by atoms with Crippen molar-refractivity contribution in [2.45, 2.75) is 31.8 Å². The lowest BCUT2D eigenvalue weighted by Gasteiger charge is -2.27. The van der Waals surface area contributed by atoms with Crippen molar-refractivity contribution >= 4 is 11.6 Å². The number of nitro groups is 1. The van der Waals surface area contributed by atoms with Crippen LogP contribution in [-0.4, -0.2) is 35.4 Å². The van der Waals surface area contributed by atoms with Crippen LogP contribution >= 0.6 is 0 Å². The number of amides is 1. The zero-order chi connectivity index (χ0) is 14.7. The van der Waals surface area contributed by atoms with Gasteiger partial charge in [0, 0.05) is 19.2 Å². The fourth-order valence-corrected chi connectivity index (χ4v) is 2.45. The SMILES string of the molecule is CC(c1cccc([N+](=O)[O-])c1)N(C)C(=O)[C@@H]1CCCN1. The van der Waals surface area contributed by atoms with E-state index < -0.39 is 4.92 Å². The molecule has 1 fully saturated rings.